The van der Waals surface area contributed by atoms with Gasteiger partial charge >= 0.3 is 0 Å². The lowest BCUT2D eigenvalue weighted by molar-refractivity contribution is 0.104. The van der Waals surface area contributed by atoms with E-state index >= 15 is 0 Å². The molecular formula is C32H28N2O3. The van der Waals surface area contributed by atoms with Gasteiger partial charge in [0.25, 0.3) is 0 Å². The number of para-hydroxylation sites is 2. The molecule has 2 N–H and O–H groups in total. The van der Waals surface area contributed by atoms with Gasteiger partial charge in [0.2, 0.25) is 0 Å². The summed E-state index contributed by atoms with van der Waals surface area (Å²) >= 11 is 0. The van der Waals surface area contributed by atoms with Crippen LogP contribution in [0.2, 0.25) is 0 Å². The summed E-state index contributed by atoms with van der Waals surface area (Å²) in [5, 5.41) is 14.7. The first-order chi connectivity index (χ1) is 18.2. The van der Waals surface area contributed by atoms with Crippen molar-refractivity contribution >= 4 is 28.1 Å². The number of pyridine rings is 1. The van der Waals surface area contributed by atoms with Gasteiger partial charge in [0.1, 0.15) is 17.0 Å². The number of nitrogens with one attached hydrogen (secondary N) is 1. The molecule has 1 aromatic heterocycles. The Morgan fingerprint density at radius 2 is 1.46 bits per heavy atom. The van der Waals surface area contributed by atoms with E-state index in [4.69, 9.17) is 9.72 Å². The summed E-state index contributed by atoms with van der Waals surface area (Å²) in [6.07, 6.45) is 0. The fourth-order valence-corrected chi connectivity index (χ4v) is 4.75. The van der Waals surface area contributed by atoms with E-state index in [1.54, 1.807) is 12.1 Å². The van der Waals surface area contributed by atoms with Crippen molar-refractivity contribution in [3.05, 3.63) is 102 Å². The monoisotopic (exact) mass is 488 g/mol. The topological polar surface area (TPSA) is 71.4 Å². The molecule has 1 heterocycles. The van der Waals surface area contributed by atoms with Gasteiger partial charge in [-0.1, -0.05) is 68.4 Å². The number of hydrogen-bond donors (Lipinski definition) is 2. The third kappa shape index (κ3) is 4.19. The highest BCUT2D eigenvalue weighted by atomic mass is 16.5. The van der Waals surface area contributed by atoms with E-state index in [2.05, 4.69) is 5.32 Å². The number of ether oxygens (including phenoxy) is 1. The Labute approximate surface area is 216 Å². The van der Waals surface area contributed by atoms with E-state index in [0.29, 0.717) is 45.9 Å². The van der Waals surface area contributed by atoms with Crippen LogP contribution in [0, 0.1) is 0 Å². The predicted molar refractivity (Wildman–Crippen MR) is 150 cm³/mol. The first-order valence-corrected chi connectivity index (χ1v) is 12.5. The zero-order chi connectivity index (χ0) is 25.9. The first kappa shape index (κ1) is 24.1. The molecule has 4 aromatic carbocycles. The van der Waals surface area contributed by atoms with Crippen LogP contribution in [0.5, 0.6) is 11.5 Å². The average molecular weight is 489 g/mol. The molecule has 0 bridgehead atoms. The molecule has 0 amide bonds. The molecule has 0 aliphatic heterocycles. The third-order valence-corrected chi connectivity index (χ3v) is 6.27. The molecule has 0 saturated carbocycles. The molecule has 0 fully saturated rings. The smallest absolute Gasteiger partial charge is 0.196 e. The molecule has 0 unspecified atom stereocenters. The molecule has 0 spiro atoms. The number of phenols is 1. The first-order valence-electron chi connectivity index (χ1n) is 12.5. The summed E-state index contributed by atoms with van der Waals surface area (Å²) in [5.74, 6) is 0.666. The van der Waals surface area contributed by atoms with Gasteiger partial charge in [0.05, 0.1) is 23.6 Å². The Balaban J connectivity index is 0.00000137. The standard InChI is InChI=1S/C30H22N2O3.C2H6/c1-2-35-26-17-24(31-18-10-4-3-5-11-18)28-27-22(19-12-6-7-13-20(19)30(28)34)16-23(32-29(26)27)21-14-8-9-15-25(21)33;1-2/h3-17,31,33H,2H2,1H3;1-2H3. The van der Waals surface area contributed by atoms with E-state index in [1.807, 2.05) is 99.6 Å². The Hall–Kier alpha value is -4.64. The van der Waals surface area contributed by atoms with Crippen molar-refractivity contribution in [3.63, 3.8) is 0 Å². The summed E-state index contributed by atoms with van der Waals surface area (Å²) in [7, 11) is 0. The highest BCUT2D eigenvalue weighted by Crippen LogP contribution is 2.47. The highest BCUT2D eigenvalue weighted by Gasteiger charge is 2.31. The van der Waals surface area contributed by atoms with Crippen molar-refractivity contribution < 1.29 is 14.6 Å². The molecule has 5 aromatic rings. The number of fused-ring (bicyclic) bond motifs is 2. The zero-order valence-electron chi connectivity index (χ0n) is 21.1. The van der Waals surface area contributed by atoms with Crippen molar-refractivity contribution in [2.24, 2.45) is 0 Å². The number of hydrogen-bond acceptors (Lipinski definition) is 5. The molecule has 37 heavy (non-hydrogen) atoms. The summed E-state index contributed by atoms with van der Waals surface area (Å²) < 4.78 is 6.04. The third-order valence-electron chi connectivity index (χ3n) is 6.27. The van der Waals surface area contributed by atoms with Crippen LogP contribution in [0.3, 0.4) is 0 Å². The lowest BCUT2D eigenvalue weighted by atomic mass is 9.82. The number of aromatic hydroxyl groups is 1. The van der Waals surface area contributed by atoms with Crippen molar-refractivity contribution in [2.45, 2.75) is 20.8 Å². The van der Waals surface area contributed by atoms with Crippen LogP contribution in [0.15, 0.2) is 91.0 Å². The van der Waals surface area contributed by atoms with E-state index in [0.717, 1.165) is 22.2 Å². The second-order valence-corrected chi connectivity index (χ2v) is 8.39. The number of anilines is 2. The molecule has 0 saturated heterocycles. The number of carbonyl (C=O) groups excluding carboxylic acids is 1. The lowest BCUT2D eigenvalue weighted by Crippen LogP contribution is -2.14. The number of benzene rings is 4. The maximum atomic E-state index is 13.8. The maximum Gasteiger partial charge on any atom is 0.196 e. The number of aromatic nitrogens is 1. The summed E-state index contributed by atoms with van der Waals surface area (Å²) in [5.41, 5.74) is 6.31. The molecule has 5 heteroatoms. The molecule has 1 aliphatic rings. The van der Waals surface area contributed by atoms with Crippen LogP contribution in [0.25, 0.3) is 33.3 Å². The van der Waals surface area contributed by atoms with Crippen molar-refractivity contribution in [3.8, 4) is 33.9 Å². The zero-order valence-corrected chi connectivity index (χ0v) is 21.1. The minimum atomic E-state index is -0.0586. The van der Waals surface area contributed by atoms with E-state index in [-0.39, 0.29) is 11.5 Å². The maximum absolute atomic E-state index is 13.8. The van der Waals surface area contributed by atoms with Crippen LogP contribution < -0.4 is 10.1 Å². The second-order valence-electron chi connectivity index (χ2n) is 8.39. The molecule has 0 radical (unpaired) electrons. The normalized spacial score (nSPS) is 11.4. The second kappa shape index (κ2) is 10.2. The van der Waals surface area contributed by atoms with Crippen LogP contribution in [-0.2, 0) is 0 Å². The number of ketones is 1. The van der Waals surface area contributed by atoms with Gasteiger partial charge in [0.15, 0.2) is 5.78 Å². The molecule has 5 nitrogen and oxygen atoms in total. The molecule has 184 valence electrons. The van der Waals surface area contributed by atoms with E-state index in [1.165, 1.54) is 0 Å². The van der Waals surface area contributed by atoms with Gasteiger partial charge in [-0.3, -0.25) is 4.79 Å². The van der Waals surface area contributed by atoms with Gasteiger partial charge in [-0.2, -0.15) is 0 Å². The van der Waals surface area contributed by atoms with Gasteiger partial charge in [0, 0.05) is 28.3 Å². The number of carbonyl (C=O) groups is 1. The Morgan fingerprint density at radius 3 is 2.16 bits per heavy atom. The fourth-order valence-electron chi connectivity index (χ4n) is 4.75. The van der Waals surface area contributed by atoms with E-state index < -0.39 is 0 Å². The van der Waals surface area contributed by atoms with E-state index in [9.17, 15) is 9.90 Å². The summed E-state index contributed by atoms with van der Waals surface area (Å²) in [6.45, 7) is 6.37. The highest BCUT2D eigenvalue weighted by molar-refractivity contribution is 6.29. The number of rotatable bonds is 5. The summed E-state index contributed by atoms with van der Waals surface area (Å²) in [6, 6.07) is 28.3. The van der Waals surface area contributed by atoms with Gasteiger partial charge in [-0.25, -0.2) is 4.98 Å². The lowest BCUT2D eigenvalue weighted by Gasteiger charge is -2.25. The average Bonchev–Trinajstić information content (AvgIpc) is 2.94. The largest absolute Gasteiger partial charge is 0.507 e. The van der Waals surface area contributed by atoms with Crippen molar-refractivity contribution in [1.82, 2.24) is 4.98 Å². The van der Waals surface area contributed by atoms with Crippen molar-refractivity contribution in [2.75, 3.05) is 11.9 Å². The number of phenolic OH excluding ortho intramolecular Hbond substituents is 1. The number of nitrogens with zero attached hydrogens (tertiary/aromatic N) is 1. The van der Waals surface area contributed by atoms with Crippen LogP contribution in [0.1, 0.15) is 36.7 Å². The van der Waals surface area contributed by atoms with Gasteiger partial charge in [-0.05, 0) is 48.4 Å². The van der Waals surface area contributed by atoms with Crippen LogP contribution in [0.4, 0.5) is 11.4 Å². The Morgan fingerprint density at radius 1 is 0.811 bits per heavy atom. The molecule has 0 atom stereocenters. The Kier molecular flexibility index (Phi) is 6.60. The quantitative estimate of drug-likeness (QED) is 0.257. The summed E-state index contributed by atoms with van der Waals surface area (Å²) in [4.78, 5) is 18.8. The Bertz CT molecular complexity index is 1610. The SMILES string of the molecule is CC.CCOc1cc(Nc2ccccc2)c2c3c(cc(-c4ccccc4O)nc13)-c1ccccc1C2=O. The van der Waals surface area contributed by atoms with Gasteiger partial charge < -0.3 is 15.2 Å². The van der Waals surface area contributed by atoms with Crippen LogP contribution >= 0.6 is 0 Å². The predicted octanol–water partition coefficient (Wildman–Crippen LogP) is 7.99. The molecule has 6 rings (SSSR count). The van der Waals surface area contributed by atoms with Gasteiger partial charge in [-0.15, -0.1) is 0 Å². The molecular weight excluding hydrogens is 460 g/mol. The fraction of sp³-hybridized carbons (Fsp3) is 0.125. The minimum Gasteiger partial charge on any atom is -0.507 e. The van der Waals surface area contributed by atoms with Crippen molar-refractivity contribution in [1.29, 1.82) is 0 Å². The van der Waals surface area contributed by atoms with Crippen LogP contribution in [-0.4, -0.2) is 22.5 Å². The minimum absolute atomic E-state index is 0.0586. The molecule has 1 aliphatic carbocycles.